The minimum Gasteiger partial charge on any atom is -0.496 e. The third-order valence-electron chi connectivity index (χ3n) is 5.29. The van der Waals surface area contributed by atoms with Gasteiger partial charge in [0.1, 0.15) is 17.2 Å². The molecule has 0 heterocycles. The van der Waals surface area contributed by atoms with Gasteiger partial charge in [0.2, 0.25) is 15.9 Å². The first kappa shape index (κ1) is 26.1. The van der Waals surface area contributed by atoms with Crippen LogP contribution in [0.15, 0.2) is 77.7 Å². The zero-order valence-corrected chi connectivity index (χ0v) is 20.9. The lowest BCUT2D eigenvalue weighted by atomic mass is 10.1. The van der Waals surface area contributed by atoms with E-state index in [1.54, 1.807) is 30.3 Å². The van der Waals surface area contributed by atoms with E-state index in [1.165, 1.54) is 26.4 Å². The second-order valence-corrected chi connectivity index (χ2v) is 9.52. The summed E-state index contributed by atoms with van der Waals surface area (Å²) in [6, 6.07) is 20.6. The van der Waals surface area contributed by atoms with Crippen LogP contribution in [0.25, 0.3) is 0 Å². The molecular formula is C26H30N2O6S. The molecular weight excluding hydrogens is 468 g/mol. The van der Waals surface area contributed by atoms with Crippen molar-refractivity contribution in [2.24, 2.45) is 0 Å². The average molecular weight is 499 g/mol. The minimum atomic E-state index is -3.97. The van der Waals surface area contributed by atoms with Gasteiger partial charge in [0.05, 0.1) is 44.4 Å². The Morgan fingerprint density at radius 3 is 2.09 bits per heavy atom. The van der Waals surface area contributed by atoms with Gasteiger partial charge in [-0.3, -0.25) is 4.79 Å². The van der Waals surface area contributed by atoms with Gasteiger partial charge in [-0.2, -0.15) is 4.31 Å². The van der Waals surface area contributed by atoms with E-state index in [1.807, 2.05) is 37.3 Å². The molecule has 0 saturated heterocycles. The number of sulfonamides is 1. The van der Waals surface area contributed by atoms with Gasteiger partial charge in [-0.1, -0.05) is 36.4 Å². The monoisotopic (exact) mass is 498 g/mol. The van der Waals surface area contributed by atoms with Crippen molar-refractivity contribution >= 4 is 15.9 Å². The standard InChI is InChI=1S/C26H30N2O6S/c1-4-34-21-13-15-22(16-14-21)35(30,31)28(18-20-9-6-5-7-10-20)19-26(29)27-17-23-24(32-2)11-8-12-25(23)33-3/h5-16H,4,17-19H2,1-3H3,(H,27,29). The molecule has 3 rings (SSSR count). The molecule has 0 aliphatic rings. The lowest BCUT2D eigenvalue weighted by Gasteiger charge is -2.22. The van der Waals surface area contributed by atoms with Crippen LogP contribution >= 0.6 is 0 Å². The molecule has 0 aliphatic heterocycles. The number of hydrogen-bond acceptors (Lipinski definition) is 6. The molecule has 35 heavy (non-hydrogen) atoms. The van der Waals surface area contributed by atoms with Crippen LogP contribution in [0.5, 0.6) is 17.2 Å². The maximum Gasteiger partial charge on any atom is 0.243 e. The number of carbonyl (C=O) groups is 1. The van der Waals surface area contributed by atoms with Crippen LogP contribution in [-0.4, -0.2) is 46.0 Å². The van der Waals surface area contributed by atoms with Crippen molar-refractivity contribution < 1.29 is 27.4 Å². The van der Waals surface area contributed by atoms with Gasteiger partial charge < -0.3 is 19.5 Å². The van der Waals surface area contributed by atoms with Crippen LogP contribution in [-0.2, 0) is 27.9 Å². The Bertz CT molecular complexity index is 1190. The highest BCUT2D eigenvalue weighted by Crippen LogP contribution is 2.28. The Kier molecular flexibility index (Phi) is 9.11. The first-order valence-electron chi connectivity index (χ1n) is 11.1. The van der Waals surface area contributed by atoms with Gasteiger partial charge in [-0.15, -0.1) is 0 Å². The van der Waals surface area contributed by atoms with Crippen LogP contribution in [0.1, 0.15) is 18.1 Å². The molecule has 1 N–H and O–H groups in total. The third kappa shape index (κ3) is 6.74. The third-order valence-corrected chi connectivity index (χ3v) is 7.09. The minimum absolute atomic E-state index is 0.0434. The molecule has 3 aromatic rings. The Morgan fingerprint density at radius 2 is 1.51 bits per heavy atom. The quantitative estimate of drug-likeness (QED) is 0.410. The lowest BCUT2D eigenvalue weighted by Crippen LogP contribution is -2.40. The SMILES string of the molecule is CCOc1ccc(S(=O)(=O)N(CC(=O)NCc2c(OC)cccc2OC)Cc2ccccc2)cc1. The topological polar surface area (TPSA) is 94.2 Å². The van der Waals surface area contributed by atoms with E-state index in [0.717, 1.165) is 9.87 Å². The van der Waals surface area contributed by atoms with E-state index in [2.05, 4.69) is 5.32 Å². The molecule has 0 unspecified atom stereocenters. The van der Waals surface area contributed by atoms with Crippen LogP contribution in [0, 0.1) is 0 Å². The highest BCUT2D eigenvalue weighted by atomic mass is 32.2. The summed E-state index contributed by atoms with van der Waals surface area (Å²) in [5.41, 5.74) is 1.43. The largest absolute Gasteiger partial charge is 0.496 e. The van der Waals surface area contributed by atoms with E-state index >= 15 is 0 Å². The second-order valence-electron chi connectivity index (χ2n) is 7.58. The number of carbonyl (C=O) groups excluding carboxylic acids is 1. The summed E-state index contributed by atoms with van der Waals surface area (Å²) in [6.45, 7) is 2.13. The summed E-state index contributed by atoms with van der Waals surface area (Å²) in [5.74, 6) is 1.24. The van der Waals surface area contributed by atoms with Crippen LogP contribution in [0.3, 0.4) is 0 Å². The van der Waals surface area contributed by atoms with Gasteiger partial charge in [-0.25, -0.2) is 8.42 Å². The van der Waals surface area contributed by atoms with Crippen molar-refractivity contribution in [1.82, 2.24) is 9.62 Å². The summed E-state index contributed by atoms with van der Waals surface area (Å²) >= 11 is 0. The fourth-order valence-electron chi connectivity index (χ4n) is 3.54. The predicted octanol–water partition coefficient (Wildman–Crippen LogP) is 3.61. The number of ether oxygens (including phenoxy) is 3. The van der Waals surface area contributed by atoms with E-state index in [4.69, 9.17) is 14.2 Å². The van der Waals surface area contributed by atoms with Crippen molar-refractivity contribution in [3.05, 3.63) is 83.9 Å². The Labute approximate surface area is 206 Å². The highest BCUT2D eigenvalue weighted by Gasteiger charge is 2.27. The predicted molar refractivity (Wildman–Crippen MR) is 133 cm³/mol. The van der Waals surface area contributed by atoms with Gasteiger partial charge >= 0.3 is 0 Å². The number of rotatable bonds is 12. The molecule has 0 spiro atoms. The van der Waals surface area contributed by atoms with Gasteiger partial charge in [0, 0.05) is 6.54 Å². The maximum absolute atomic E-state index is 13.5. The van der Waals surface area contributed by atoms with Gasteiger partial charge in [-0.05, 0) is 48.9 Å². The molecule has 0 bridgehead atoms. The summed E-state index contributed by atoms with van der Waals surface area (Å²) in [6.07, 6.45) is 0. The molecule has 0 aromatic heterocycles. The molecule has 0 aliphatic carbocycles. The number of benzene rings is 3. The van der Waals surface area contributed by atoms with Crippen LogP contribution in [0.4, 0.5) is 0 Å². The first-order chi connectivity index (χ1) is 16.9. The molecule has 0 saturated carbocycles. The van der Waals surface area contributed by atoms with E-state index in [0.29, 0.717) is 29.4 Å². The smallest absolute Gasteiger partial charge is 0.243 e. The molecule has 3 aromatic carbocycles. The number of nitrogens with zero attached hydrogens (tertiary/aromatic N) is 1. The van der Waals surface area contributed by atoms with Crippen molar-refractivity contribution in [2.45, 2.75) is 24.9 Å². The molecule has 1 amide bonds. The van der Waals surface area contributed by atoms with E-state index in [-0.39, 0.29) is 24.5 Å². The Hall–Kier alpha value is -3.56. The van der Waals surface area contributed by atoms with Gasteiger partial charge in [0.25, 0.3) is 0 Å². The molecule has 9 heteroatoms. The van der Waals surface area contributed by atoms with E-state index < -0.39 is 15.9 Å². The molecule has 0 atom stereocenters. The first-order valence-corrected chi connectivity index (χ1v) is 12.6. The van der Waals surface area contributed by atoms with Crippen molar-refractivity contribution in [2.75, 3.05) is 27.4 Å². The van der Waals surface area contributed by atoms with Crippen molar-refractivity contribution in [3.8, 4) is 17.2 Å². The van der Waals surface area contributed by atoms with Crippen LogP contribution < -0.4 is 19.5 Å². The average Bonchev–Trinajstić information content (AvgIpc) is 2.88. The maximum atomic E-state index is 13.5. The summed E-state index contributed by atoms with van der Waals surface area (Å²) in [5, 5.41) is 2.79. The highest BCUT2D eigenvalue weighted by molar-refractivity contribution is 7.89. The van der Waals surface area contributed by atoms with E-state index in [9.17, 15) is 13.2 Å². The Morgan fingerprint density at radius 1 is 0.886 bits per heavy atom. The summed E-state index contributed by atoms with van der Waals surface area (Å²) < 4.78 is 44.3. The fraction of sp³-hybridized carbons (Fsp3) is 0.269. The molecule has 186 valence electrons. The Balaban J connectivity index is 1.81. The number of hydrogen-bond donors (Lipinski definition) is 1. The normalized spacial score (nSPS) is 11.2. The number of amides is 1. The second kappa shape index (κ2) is 12.2. The van der Waals surface area contributed by atoms with Gasteiger partial charge in [0.15, 0.2) is 0 Å². The lowest BCUT2D eigenvalue weighted by molar-refractivity contribution is -0.121. The summed E-state index contributed by atoms with van der Waals surface area (Å²) in [4.78, 5) is 13.0. The number of methoxy groups -OCH3 is 2. The van der Waals surface area contributed by atoms with Crippen LogP contribution in [0.2, 0.25) is 0 Å². The molecule has 0 radical (unpaired) electrons. The summed E-state index contributed by atoms with van der Waals surface area (Å²) in [7, 11) is -0.901. The fourth-order valence-corrected chi connectivity index (χ4v) is 4.93. The van der Waals surface area contributed by atoms with Crippen molar-refractivity contribution in [3.63, 3.8) is 0 Å². The van der Waals surface area contributed by atoms with Crippen molar-refractivity contribution in [1.29, 1.82) is 0 Å². The zero-order valence-electron chi connectivity index (χ0n) is 20.1. The zero-order chi connectivity index (χ0) is 25.3. The number of nitrogens with one attached hydrogen (secondary N) is 1. The molecule has 8 nitrogen and oxygen atoms in total. The molecule has 0 fully saturated rings.